The number of nitrogens with one attached hydrogen (secondary N) is 1. The second-order valence-electron chi connectivity index (χ2n) is 7.63. The molecule has 1 amide bonds. The predicted octanol–water partition coefficient (Wildman–Crippen LogP) is 2.17. The molecule has 2 atom stereocenters. The SMILES string of the molecule is Cc1[nH]cnc1CN1C[C@H]2CC[C@@H](C1)N(C(=O)CCc1ccccn1)C2. The van der Waals surface area contributed by atoms with Crippen molar-refractivity contribution in [2.75, 3.05) is 19.6 Å². The first-order chi connectivity index (χ1) is 12.7. The highest BCUT2D eigenvalue weighted by atomic mass is 16.2. The summed E-state index contributed by atoms with van der Waals surface area (Å²) >= 11 is 0. The molecule has 0 spiro atoms. The molecule has 3 saturated heterocycles. The fraction of sp³-hybridized carbons (Fsp3) is 0.550. The third-order valence-corrected chi connectivity index (χ3v) is 5.74. The van der Waals surface area contributed by atoms with E-state index in [1.807, 2.05) is 18.2 Å². The number of hydrogen-bond acceptors (Lipinski definition) is 4. The number of aryl methyl sites for hydroxylation is 2. The zero-order valence-corrected chi connectivity index (χ0v) is 15.4. The Morgan fingerprint density at radius 3 is 2.92 bits per heavy atom. The maximum absolute atomic E-state index is 12.9. The van der Waals surface area contributed by atoms with Crippen LogP contribution in [0, 0.1) is 12.8 Å². The molecule has 0 unspecified atom stereocenters. The lowest BCUT2D eigenvalue weighted by molar-refractivity contribution is -0.135. The minimum atomic E-state index is 0.281. The molecule has 6 heteroatoms. The molecule has 3 aliphatic rings. The first-order valence-electron chi connectivity index (χ1n) is 9.59. The molecule has 0 saturated carbocycles. The van der Waals surface area contributed by atoms with Crippen molar-refractivity contribution in [3.05, 3.63) is 47.8 Å². The second-order valence-corrected chi connectivity index (χ2v) is 7.63. The Labute approximate surface area is 154 Å². The van der Waals surface area contributed by atoms with Gasteiger partial charge in [-0.1, -0.05) is 6.07 Å². The normalized spacial score (nSPS) is 23.2. The lowest BCUT2D eigenvalue weighted by atomic mass is 9.94. The third-order valence-electron chi connectivity index (χ3n) is 5.74. The molecule has 26 heavy (non-hydrogen) atoms. The van der Waals surface area contributed by atoms with Gasteiger partial charge in [0, 0.05) is 56.2 Å². The van der Waals surface area contributed by atoms with Crippen LogP contribution in [0.5, 0.6) is 0 Å². The minimum absolute atomic E-state index is 0.281. The number of carbonyl (C=O) groups excluding carboxylic acids is 1. The number of aromatic nitrogens is 3. The number of piperidine rings is 1. The number of carbonyl (C=O) groups is 1. The lowest BCUT2D eigenvalue weighted by Gasteiger charge is -2.36. The molecule has 3 fully saturated rings. The van der Waals surface area contributed by atoms with Crippen LogP contribution in [-0.4, -0.2) is 56.3 Å². The van der Waals surface area contributed by atoms with Crippen molar-refractivity contribution in [1.82, 2.24) is 24.8 Å². The molecule has 138 valence electrons. The fourth-order valence-electron chi connectivity index (χ4n) is 4.30. The number of nitrogens with zero attached hydrogens (tertiary/aromatic N) is 4. The van der Waals surface area contributed by atoms with E-state index in [1.165, 1.54) is 6.42 Å². The Bertz CT molecular complexity index is 744. The molecule has 6 nitrogen and oxygen atoms in total. The molecule has 2 aromatic rings. The highest BCUT2D eigenvalue weighted by Crippen LogP contribution is 2.29. The Morgan fingerprint density at radius 1 is 1.23 bits per heavy atom. The molecule has 5 heterocycles. The van der Waals surface area contributed by atoms with Crippen LogP contribution in [0.1, 0.15) is 36.3 Å². The lowest BCUT2D eigenvalue weighted by Crippen LogP contribution is -2.47. The van der Waals surface area contributed by atoms with E-state index in [2.05, 4.69) is 31.7 Å². The van der Waals surface area contributed by atoms with Gasteiger partial charge >= 0.3 is 0 Å². The molecule has 2 aromatic heterocycles. The highest BCUT2D eigenvalue weighted by Gasteiger charge is 2.37. The number of amides is 1. The highest BCUT2D eigenvalue weighted by molar-refractivity contribution is 5.77. The minimum Gasteiger partial charge on any atom is -0.348 e. The second kappa shape index (κ2) is 7.58. The van der Waals surface area contributed by atoms with Gasteiger partial charge in [-0.3, -0.25) is 14.7 Å². The first kappa shape index (κ1) is 17.2. The van der Waals surface area contributed by atoms with E-state index in [0.29, 0.717) is 18.4 Å². The van der Waals surface area contributed by atoms with Gasteiger partial charge < -0.3 is 9.88 Å². The van der Waals surface area contributed by atoms with Crippen LogP contribution < -0.4 is 0 Å². The van der Waals surface area contributed by atoms with Crippen molar-refractivity contribution in [2.45, 2.75) is 45.2 Å². The molecule has 5 rings (SSSR count). The smallest absolute Gasteiger partial charge is 0.223 e. The van der Waals surface area contributed by atoms with Gasteiger partial charge in [0.1, 0.15) is 0 Å². The summed E-state index contributed by atoms with van der Waals surface area (Å²) in [6, 6.07) is 6.23. The summed E-state index contributed by atoms with van der Waals surface area (Å²) in [6.45, 7) is 5.87. The van der Waals surface area contributed by atoms with Crippen molar-refractivity contribution in [1.29, 1.82) is 0 Å². The Kier molecular flexibility index (Phi) is 5.02. The van der Waals surface area contributed by atoms with Gasteiger partial charge in [0.2, 0.25) is 5.91 Å². The van der Waals surface area contributed by atoms with Crippen LogP contribution in [-0.2, 0) is 17.8 Å². The zero-order chi connectivity index (χ0) is 17.9. The van der Waals surface area contributed by atoms with E-state index in [0.717, 1.165) is 56.1 Å². The van der Waals surface area contributed by atoms with Crippen molar-refractivity contribution < 1.29 is 4.79 Å². The van der Waals surface area contributed by atoms with Crippen LogP contribution in [0.3, 0.4) is 0 Å². The van der Waals surface area contributed by atoms with E-state index in [-0.39, 0.29) is 5.91 Å². The number of H-pyrrole nitrogens is 1. The molecule has 0 aliphatic carbocycles. The van der Waals surface area contributed by atoms with Crippen LogP contribution >= 0.6 is 0 Å². The van der Waals surface area contributed by atoms with Gasteiger partial charge in [0.25, 0.3) is 0 Å². The van der Waals surface area contributed by atoms with E-state index < -0.39 is 0 Å². The van der Waals surface area contributed by atoms with Gasteiger partial charge in [0.05, 0.1) is 12.0 Å². The predicted molar refractivity (Wildman–Crippen MR) is 99.4 cm³/mol. The number of rotatable bonds is 5. The summed E-state index contributed by atoms with van der Waals surface area (Å²) in [7, 11) is 0. The molecule has 0 radical (unpaired) electrons. The molecular weight excluding hydrogens is 326 g/mol. The van der Waals surface area contributed by atoms with Gasteiger partial charge in [0.15, 0.2) is 0 Å². The fourth-order valence-corrected chi connectivity index (χ4v) is 4.30. The van der Waals surface area contributed by atoms with E-state index in [1.54, 1.807) is 12.5 Å². The zero-order valence-electron chi connectivity index (χ0n) is 15.4. The number of imidazole rings is 1. The van der Waals surface area contributed by atoms with Crippen molar-refractivity contribution in [3.63, 3.8) is 0 Å². The largest absolute Gasteiger partial charge is 0.348 e. The number of fused-ring (bicyclic) bond motifs is 4. The molecular formula is C20H27N5O. The van der Waals surface area contributed by atoms with Gasteiger partial charge in [-0.25, -0.2) is 4.98 Å². The van der Waals surface area contributed by atoms with Crippen LogP contribution in [0.25, 0.3) is 0 Å². The number of pyridine rings is 1. The number of hydrogen-bond donors (Lipinski definition) is 1. The maximum atomic E-state index is 12.9. The topological polar surface area (TPSA) is 65.1 Å². The average Bonchev–Trinajstić information content (AvgIpc) is 2.87. The molecule has 2 bridgehead atoms. The Morgan fingerprint density at radius 2 is 2.15 bits per heavy atom. The summed E-state index contributed by atoms with van der Waals surface area (Å²) < 4.78 is 0. The summed E-state index contributed by atoms with van der Waals surface area (Å²) in [5.74, 6) is 0.856. The standard InChI is InChI=1S/C20H27N5O/c1-15-19(23-14-22-15)13-24-10-16-5-7-18(12-24)25(11-16)20(26)8-6-17-4-2-3-9-21-17/h2-4,9,14,16,18H,5-8,10-13H2,1H3,(H,22,23)/t16-,18+/m1/s1. The summed E-state index contributed by atoms with van der Waals surface area (Å²) in [4.78, 5) is 29.4. The summed E-state index contributed by atoms with van der Waals surface area (Å²) in [5, 5.41) is 0. The quantitative estimate of drug-likeness (QED) is 0.895. The van der Waals surface area contributed by atoms with Crippen molar-refractivity contribution in [2.24, 2.45) is 5.92 Å². The van der Waals surface area contributed by atoms with E-state index in [9.17, 15) is 4.79 Å². The van der Waals surface area contributed by atoms with Gasteiger partial charge in [-0.2, -0.15) is 0 Å². The first-order valence-corrected chi connectivity index (χ1v) is 9.59. The van der Waals surface area contributed by atoms with Crippen LogP contribution in [0.4, 0.5) is 0 Å². The van der Waals surface area contributed by atoms with Gasteiger partial charge in [-0.15, -0.1) is 0 Å². The Hall–Kier alpha value is -2.21. The van der Waals surface area contributed by atoms with Crippen LogP contribution in [0.15, 0.2) is 30.7 Å². The summed E-state index contributed by atoms with van der Waals surface area (Å²) in [5.41, 5.74) is 3.26. The van der Waals surface area contributed by atoms with Crippen molar-refractivity contribution in [3.8, 4) is 0 Å². The van der Waals surface area contributed by atoms with Crippen molar-refractivity contribution >= 4 is 5.91 Å². The third kappa shape index (κ3) is 3.80. The van der Waals surface area contributed by atoms with E-state index >= 15 is 0 Å². The van der Waals surface area contributed by atoms with E-state index in [4.69, 9.17) is 0 Å². The monoisotopic (exact) mass is 353 g/mol. The van der Waals surface area contributed by atoms with Gasteiger partial charge in [-0.05, 0) is 44.2 Å². The summed E-state index contributed by atoms with van der Waals surface area (Å²) in [6.07, 6.45) is 7.19. The molecule has 0 aromatic carbocycles. The Balaban J connectivity index is 1.38. The average molecular weight is 353 g/mol. The maximum Gasteiger partial charge on any atom is 0.223 e. The molecule has 3 aliphatic heterocycles. The van der Waals surface area contributed by atoms with Crippen LogP contribution in [0.2, 0.25) is 0 Å². The number of aromatic amines is 1. The molecule has 1 N–H and O–H groups in total.